The van der Waals surface area contributed by atoms with Gasteiger partial charge >= 0.3 is 5.97 Å². The second kappa shape index (κ2) is 6.94. The van der Waals surface area contributed by atoms with Gasteiger partial charge in [0.2, 0.25) is 0 Å². The van der Waals surface area contributed by atoms with E-state index >= 15 is 0 Å². The summed E-state index contributed by atoms with van der Waals surface area (Å²) in [7, 11) is 0. The van der Waals surface area contributed by atoms with Gasteiger partial charge in [0.05, 0.1) is 11.4 Å². The molecule has 6 heteroatoms. The number of benzene rings is 1. The largest absolute Gasteiger partial charge is 0.480 e. The summed E-state index contributed by atoms with van der Waals surface area (Å²) in [6.45, 7) is 0.478. The number of para-hydroxylation sites is 1. The van der Waals surface area contributed by atoms with Gasteiger partial charge in [-0.15, -0.1) is 12.4 Å². The molecule has 22 heavy (non-hydrogen) atoms. The van der Waals surface area contributed by atoms with Crippen LogP contribution in [0, 0.1) is 0 Å². The van der Waals surface area contributed by atoms with Crippen molar-refractivity contribution in [3.8, 4) is 5.69 Å². The molecule has 5 nitrogen and oxygen atoms in total. The van der Waals surface area contributed by atoms with E-state index in [-0.39, 0.29) is 12.4 Å². The lowest BCUT2D eigenvalue weighted by Gasteiger charge is -2.24. The fraction of sp³-hybridized carbons (Fsp3) is 0.375. The molecule has 1 saturated carbocycles. The average molecular weight is 322 g/mol. The van der Waals surface area contributed by atoms with E-state index in [0.717, 1.165) is 24.2 Å². The molecule has 0 radical (unpaired) electrons. The summed E-state index contributed by atoms with van der Waals surface area (Å²) >= 11 is 0. The van der Waals surface area contributed by atoms with Crippen LogP contribution in [0.1, 0.15) is 31.4 Å². The second-order valence-electron chi connectivity index (χ2n) is 5.54. The first-order valence-corrected chi connectivity index (χ1v) is 7.28. The number of aliphatic carboxylic acids is 1. The van der Waals surface area contributed by atoms with Gasteiger partial charge in [-0.1, -0.05) is 31.0 Å². The zero-order valence-corrected chi connectivity index (χ0v) is 13.1. The van der Waals surface area contributed by atoms with E-state index in [0.29, 0.717) is 19.4 Å². The van der Waals surface area contributed by atoms with E-state index in [4.69, 9.17) is 0 Å². The quantitative estimate of drug-likeness (QED) is 0.888. The van der Waals surface area contributed by atoms with Gasteiger partial charge in [0.15, 0.2) is 0 Å². The van der Waals surface area contributed by atoms with Gasteiger partial charge in [0.25, 0.3) is 0 Å². The molecule has 1 aromatic heterocycles. The maximum atomic E-state index is 11.5. The van der Waals surface area contributed by atoms with Crippen molar-refractivity contribution in [2.45, 2.75) is 37.8 Å². The van der Waals surface area contributed by atoms with Crippen molar-refractivity contribution in [1.82, 2.24) is 15.1 Å². The van der Waals surface area contributed by atoms with Gasteiger partial charge in [0.1, 0.15) is 5.54 Å². The van der Waals surface area contributed by atoms with Crippen molar-refractivity contribution in [2.75, 3.05) is 0 Å². The highest BCUT2D eigenvalue weighted by Crippen LogP contribution is 2.30. The lowest BCUT2D eigenvalue weighted by Crippen LogP contribution is -2.49. The topological polar surface area (TPSA) is 67.2 Å². The van der Waals surface area contributed by atoms with Crippen LogP contribution in [0.4, 0.5) is 0 Å². The third-order valence-corrected chi connectivity index (χ3v) is 4.14. The number of nitrogens with zero attached hydrogens (tertiary/aromatic N) is 2. The Labute approximate surface area is 135 Å². The summed E-state index contributed by atoms with van der Waals surface area (Å²) in [5.41, 5.74) is 1.08. The average Bonchev–Trinajstić information content (AvgIpc) is 3.16. The molecule has 118 valence electrons. The van der Waals surface area contributed by atoms with E-state index in [9.17, 15) is 9.90 Å². The number of rotatable bonds is 5. The molecule has 3 rings (SSSR count). The fourth-order valence-corrected chi connectivity index (χ4v) is 2.89. The minimum Gasteiger partial charge on any atom is -0.480 e. The summed E-state index contributed by atoms with van der Waals surface area (Å²) < 4.78 is 1.80. The van der Waals surface area contributed by atoms with Crippen LogP contribution in [-0.2, 0) is 11.3 Å². The molecule has 0 atom stereocenters. The Bertz CT molecular complexity index is 621. The van der Waals surface area contributed by atoms with E-state index < -0.39 is 11.5 Å². The standard InChI is InChI=1S/C16H19N3O2.ClH/c20-15(21)16(9-4-5-10-16)17-12-13-8-11-19(18-13)14-6-2-1-3-7-14;/h1-3,6-8,11,17H,4-5,9-10,12H2,(H,20,21);1H. The monoisotopic (exact) mass is 321 g/mol. The third-order valence-electron chi connectivity index (χ3n) is 4.14. The molecule has 0 aliphatic heterocycles. The first kappa shape index (κ1) is 16.5. The third kappa shape index (κ3) is 3.31. The summed E-state index contributed by atoms with van der Waals surface area (Å²) in [5.74, 6) is -0.748. The highest BCUT2D eigenvalue weighted by Gasteiger charge is 2.40. The molecule has 1 aliphatic rings. The molecule has 1 fully saturated rings. The number of carbonyl (C=O) groups is 1. The predicted molar refractivity (Wildman–Crippen MR) is 86.5 cm³/mol. The maximum absolute atomic E-state index is 11.5. The van der Waals surface area contributed by atoms with Crippen LogP contribution in [0.2, 0.25) is 0 Å². The van der Waals surface area contributed by atoms with Gasteiger partial charge in [-0.3, -0.25) is 10.1 Å². The normalized spacial score (nSPS) is 16.2. The second-order valence-corrected chi connectivity index (χ2v) is 5.54. The molecule has 2 N–H and O–H groups in total. The summed E-state index contributed by atoms with van der Waals surface area (Å²) in [6.07, 6.45) is 5.23. The molecule has 0 saturated heterocycles. The number of carboxylic acid groups (broad SMARTS) is 1. The number of hydrogen-bond donors (Lipinski definition) is 2. The molecule has 0 spiro atoms. The molecular weight excluding hydrogens is 302 g/mol. The molecule has 1 aromatic carbocycles. The number of aromatic nitrogens is 2. The Morgan fingerprint density at radius 1 is 1.23 bits per heavy atom. The van der Waals surface area contributed by atoms with Crippen LogP contribution < -0.4 is 5.32 Å². The number of carboxylic acids is 1. The maximum Gasteiger partial charge on any atom is 0.323 e. The van der Waals surface area contributed by atoms with Gasteiger partial charge < -0.3 is 5.11 Å². The molecule has 2 aromatic rings. The van der Waals surface area contributed by atoms with E-state index in [2.05, 4.69) is 10.4 Å². The van der Waals surface area contributed by atoms with Crippen molar-refractivity contribution in [3.05, 3.63) is 48.3 Å². The van der Waals surface area contributed by atoms with Crippen LogP contribution in [0.25, 0.3) is 5.69 Å². The van der Waals surface area contributed by atoms with Gasteiger partial charge in [-0.2, -0.15) is 5.10 Å². The van der Waals surface area contributed by atoms with Crippen LogP contribution in [0.5, 0.6) is 0 Å². The van der Waals surface area contributed by atoms with Crippen LogP contribution in [0.15, 0.2) is 42.6 Å². The predicted octanol–water partition coefficient (Wildman–Crippen LogP) is 2.78. The molecule has 0 unspecified atom stereocenters. The number of nitrogens with one attached hydrogen (secondary N) is 1. The van der Waals surface area contributed by atoms with Crippen molar-refractivity contribution < 1.29 is 9.90 Å². The number of halogens is 1. The Morgan fingerprint density at radius 3 is 2.55 bits per heavy atom. The van der Waals surface area contributed by atoms with E-state index in [1.807, 2.05) is 42.6 Å². The van der Waals surface area contributed by atoms with Gasteiger partial charge in [0, 0.05) is 12.7 Å². The van der Waals surface area contributed by atoms with Crippen molar-refractivity contribution in [1.29, 1.82) is 0 Å². The summed E-state index contributed by atoms with van der Waals surface area (Å²) in [5, 5.41) is 17.1. The molecule has 1 heterocycles. The Balaban J connectivity index is 0.00000176. The minimum atomic E-state index is -0.767. The minimum absolute atomic E-state index is 0. The smallest absolute Gasteiger partial charge is 0.323 e. The van der Waals surface area contributed by atoms with Crippen LogP contribution in [-0.4, -0.2) is 26.4 Å². The Kier molecular flexibility index (Phi) is 5.21. The molecule has 0 bridgehead atoms. The SMILES string of the molecule is Cl.O=C(O)C1(NCc2ccn(-c3ccccc3)n2)CCCC1. The lowest BCUT2D eigenvalue weighted by molar-refractivity contribution is -0.144. The number of hydrogen-bond acceptors (Lipinski definition) is 3. The van der Waals surface area contributed by atoms with Crippen LogP contribution >= 0.6 is 12.4 Å². The first-order chi connectivity index (χ1) is 10.2. The van der Waals surface area contributed by atoms with E-state index in [1.54, 1.807) is 4.68 Å². The van der Waals surface area contributed by atoms with Gasteiger partial charge in [-0.05, 0) is 31.0 Å². The molecule has 1 aliphatic carbocycles. The fourth-order valence-electron chi connectivity index (χ4n) is 2.89. The Hall–Kier alpha value is -1.85. The van der Waals surface area contributed by atoms with Crippen molar-refractivity contribution in [3.63, 3.8) is 0 Å². The zero-order chi connectivity index (χ0) is 14.7. The summed E-state index contributed by atoms with van der Waals surface area (Å²) in [6, 6.07) is 11.8. The van der Waals surface area contributed by atoms with Crippen molar-refractivity contribution >= 4 is 18.4 Å². The van der Waals surface area contributed by atoms with E-state index in [1.165, 1.54) is 0 Å². The van der Waals surface area contributed by atoms with Crippen LogP contribution in [0.3, 0.4) is 0 Å². The molecular formula is C16H20ClN3O2. The first-order valence-electron chi connectivity index (χ1n) is 7.28. The zero-order valence-electron chi connectivity index (χ0n) is 12.2. The van der Waals surface area contributed by atoms with Crippen molar-refractivity contribution in [2.24, 2.45) is 0 Å². The Morgan fingerprint density at radius 2 is 1.91 bits per heavy atom. The highest BCUT2D eigenvalue weighted by molar-refractivity contribution is 5.85. The lowest BCUT2D eigenvalue weighted by atomic mass is 9.98. The van der Waals surface area contributed by atoms with Gasteiger partial charge in [-0.25, -0.2) is 4.68 Å². The molecule has 0 amide bonds. The highest BCUT2D eigenvalue weighted by atomic mass is 35.5. The summed E-state index contributed by atoms with van der Waals surface area (Å²) in [4.78, 5) is 11.5.